The van der Waals surface area contributed by atoms with E-state index in [1.54, 1.807) is 25.1 Å². The number of sulfone groups is 1. The minimum atomic E-state index is -3.11. The number of hydrogen-bond donors (Lipinski definition) is 1. The molecule has 1 aromatic carbocycles. The Kier molecular flexibility index (Phi) is 3.93. The third-order valence-corrected chi connectivity index (χ3v) is 6.11. The first-order valence-electron chi connectivity index (χ1n) is 7.23. The Labute approximate surface area is 133 Å². The number of likely N-dealkylation sites (tertiary alicyclic amines) is 1. The van der Waals surface area contributed by atoms with Crippen LogP contribution in [0.5, 0.6) is 0 Å². The molecule has 3 rings (SSSR count). The molecule has 1 aliphatic rings. The molecule has 1 fully saturated rings. The molecule has 1 aromatic heterocycles. The normalized spacial score (nSPS) is 15.5. The van der Waals surface area contributed by atoms with Crippen LogP contribution < -0.4 is 0 Å². The van der Waals surface area contributed by atoms with Gasteiger partial charge < -0.3 is 4.90 Å². The third-order valence-electron chi connectivity index (χ3n) is 3.99. The number of H-pyrrole nitrogens is 1. The first kappa shape index (κ1) is 15.7. The Morgan fingerprint density at radius 1 is 1.35 bits per heavy atom. The van der Waals surface area contributed by atoms with Crippen LogP contribution in [0.15, 0.2) is 30.3 Å². The van der Waals surface area contributed by atoms with E-state index >= 15 is 0 Å². The second-order valence-corrected chi connectivity index (χ2v) is 8.03. The van der Waals surface area contributed by atoms with Crippen molar-refractivity contribution >= 4 is 15.7 Å². The second kappa shape index (κ2) is 5.77. The van der Waals surface area contributed by atoms with Gasteiger partial charge in [-0.2, -0.15) is 5.10 Å². The summed E-state index contributed by atoms with van der Waals surface area (Å²) in [5.41, 5.74) is 1.51. The molecule has 2 heterocycles. The number of amides is 1. The maximum atomic E-state index is 12.9. The van der Waals surface area contributed by atoms with Gasteiger partial charge in [0.05, 0.1) is 10.9 Å². The van der Waals surface area contributed by atoms with E-state index in [0.717, 1.165) is 0 Å². The average Bonchev–Trinajstić information content (AvgIpc) is 2.96. The summed E-state index contributed by atoms with van der Waals surface area (Å²) >= 11 is 0. The molecule has 0 spiro atoms. The van der Waals surface area contributed by atoms with Crippen molar-refractivity contribution in [1.82, 2.24) is 15.1 Å². The molecule has 23 heavy (non-hydrogen) atoms. The predicted octanol–water partition coefficient (Wildman–Crippen LogP) is 1.47. The van der Waals surface area contributed by atoms with Gasteiger partial charge in [0.1, 0.15) is 11.5 Å². The SMILES string of the molecule is CCS(=O)(=O)C1CN(C(=O)c2cc(-c3ccc(F)cc3)n[nH]2)C1. The highest BCUT2D eigenvalue weighted by atomic mass is 32.2. The highest BCUT2D eigenvalue weighted by Crippen LogP contribution is 2.22. The fourth-order valence-corrected chi connectivity index (χ4v) is 3.72. The van der Waals surface area contributed by atoms with Crippen LogP contribution in [0.1, 0.15) is 17.4 Å². The van der Waals surface area contributed by atoms with E-state index in [1.165, 1.54) is 17.0 Å². The second-order valence-electron chi connectivity index (χ2n) is 5.46. The van der Waals surface area contributed by atoms with Gasteiger partial charge >= 0.3 is 0 Å². The smallest absolute Gasteiger partial charge is 0.271 e. The zero-order chi connectivity index (χ0) is 16.6. The number of carbonyl (C=O) groups excluding carboxylic acids is 1. The van der Waals surface area contributed by atoms with Crippen LogP contribution in [-0.2, 0) is 9.84 Å². The van der Waals surface area contributed by atoms with Crippen molar-refractivity contribution in [3.8, 4) is 11.3 Å². The molecule has 8 heteroatoms. The Bertz CT molecular complexity index is 824. The fourth-order valence-electron chi connectivity index (χ4n) is 2.44. The van der Waals surface area contributed by atoms with Crippen LogP contribution >= 0.6 is 0 Å². The molecule has 0 atom stereocenters. The van der Waals surface area contributed by atoms with Gasteiger partial charge in [-0.15, -0.1) is 0 Å². The van der Waals surface area contributed by atoms with Crippen LogP contribution in [0.3, 0.4) is 0 Å². The van der Waals surface area contributed by atoms with E-state index in [-0.39, 0.29) is 36.3 Å². The van der Waals surface area contributed by atoms with E-state index in [2.05, 4.69) is 10.2 Å². The Morgan fingerprint density at radius 3 is 2.61 bits per heavy atom. The molecule has 6 nitrogen and oxygen atoms in total. The number of benzene rings is 1. The Morgan fingerprint density at radius 2 is 2.00 bits per heavy atom. The number of halogens is 1. The van der Waals surface area contributed by atoms with Crippen LogP contribution in [0, 0.1) is 5.82 Å². The molecule has 2 aromatic rings. The van der Waals surface area contributed by atoms with E-state index < -0.39 is 15.1 Å². The molecule has 1 amide bonds. The maximum Gasteiger partial charge on any atom is 0.271 e. The summed E-state index contributed by atoms with van der Waals surface area (Å²) < 4.78 is 36.3. The van der Waals surface area contributed by atoms with E-state index in [1.807, 2.05) is 0 Å². The van der Waals surface area contributed by atoms with Crippen LogP contribution in [0.2, 0.25) is 0 Å². The minimum absolute atomic E-state index is 0.0818. The van der Waals surface area contributed by atoms with Crippen LogP contribution in [0.4, 0.5) is 4.39 Å². The van der Waals surface area contributed by atoms with Gasteiger partial charge in [0, 0.05) is 24.4 Å². The number of carbonyl (C=O) groups is 1. The molecule has 0 unspecified atom stereocenters. The molecule has 1 N–H and O–H groups in total. The Hall–Kier alpha value is -2.22. The monoisotopic (exact) mass is 337 g/mol. The van der Waals surface area contributed by atoms with Crippen LogP contribution in [0.25, 0.3) is 11.3 Å². The van der Waals surface area contributed by atoms with Gasteiger partial charge in [0.2, 0.25) is 0 Å². The van der Waals surface area contributed by atoms with Crippen molar-refractivity contribution in [3.63, 3.8) is 0 Å². The molecule has 0 aliphatic carbocycles. The van der Waals surface area contributed by atoms with Crippen molar-refractivity contribution in [1.29, 1.82) is 0 Å². The van der Waals surface area contributed by atoms with Gasteiger partial charge in [-0.25, -0.2) is 12.8 Å². The maximum absolute atomic E-state index is 12.9. The van der Waals surface area contributed by atoms with Gasteiger partial charge in [-0.3, -0.25) is 9.89 Å². The summed E-state index contributed by atoms with van der Waals surface area (Å²) in [6.45, 7) is 2.02. The van der Waals surface area contributed by atoms with Gasteiger partial charge in [0.15, 0.2) is 9.84 Å². The van der Waals surface area contributed by atoms with Crippen molar-refractivity contribution in [2.24, 2.45) is 0 Å². The zero-order valence-corrected chi connectivity index (χ0v) is 13.3. The van der Waals surface area contributed by atoms with Crippen molar-refractivity contribution in [3.05, 3.63) is 41.8 Å². The molecule has 0 bridgehead atoms. The summed E-state index contributed by atoms with van der Waals surface area (Å²) in [7, 11) is -3.11. The molecular formula is C15H16FN3O3S. The summed E-state index contributed by atoms with van der Waals surface area (Å²) in [6, 6.07) is 7.38. The van der Waals surface area contributed by atoms with E-state index in [9.17, 15) is 17.6 Å². The standard InChI is InChI=1S/C15H16FN3O3S/c1-2-23(21,22)12-8-19(9-12)15(20)14-7-13(17-18-14)10-3-5-11(16)6-4-10/h3-7,12H,2,8-9H2,1H3,(H,17,18). The topological polar surface area (TPSA) is 83.1 Å². The van der Waals surface area contributed by atoms with Gasteiger partial charge in [-0.1, -0.05) is 6.92 Å². The predicted molar refractivity (Wildman–Crippen MR) is 83.1 cm³/mol. The van der Waals surface area contributed by atoms with Gasteiger partial charge in [-0.05, 0) is 30.3 Å². The largest absolute Gasteiger partial charge is 0.335 e. The first-order valence-corrected chi connectivity index (χ1v) is 8.94. The quantitative estimate of drug-likeness (QED) is 0.916. The summed E-state index contributed by atoms with van der Waals surface area (Å²) in [5.74, 6) is -0.545. The zero-order valence-electron chi connectivity index (χ0n) is 12.5. The molecule has 122 valence electrons. The minimum Gasteiger partial charge on any atom is -0.335 e. The fraction of sp³-hybridized carbons (Fsp3) is 0.333. The van der Waals surface area contributed by atoms with Gasteiger partial charge in [0.25, 0.3) is 5.91 Å². The van der Waals surface area contributed by atoms with Crippen molar-refractivity contribution < 1.29 is 17.6 Å². The third kappa shape index (κ3) is 2.98. The number of rotatable bonds is 4. The highest BCUT2D eigenvalue weighted by molar-refractivity contribution is 7.92. The summed E-state index contributed by atoms with van der Waals surface area (Å²) in [6.07, 6.45) is 0. The number of nitrogens with one attached hydrogen (secondary N) is 1. The lowest BCUT2D eigenvalue weighted by atomic mass is 10.1. The Balaban J connectivity index is 1.70. The number of aromatic nitrogens is 2. The lowest BCUT2D eigenvalue weighted by Crippen LogP contribution is -2.57. The average molecular weight is 337 g/mol. The molecular weight excluding hydrogens is 321 g/mol. The van der Waals surface area contributed by atoms with Crippen LogP contribution in [-0.4, -0.2) is 53.5 Å². The first-order chi connectivity index (χ1) is 10.9. The summed E-state index contributed by atoms with van der Waals surface area (Å²) in [5, 5.41) is 6.22. The highest BCUT2D eigenvalue weighted by Gasteiger charge is 2.39. The lowest BCUT2D eigenvalue weighted by Gasteiger charge is -2.38. The molecule has 0 radical (unpaired) electrons. The summed E-state index contributed by atoms with van der Waals surface area (Å²) in [4.78, 5) is 13.8. The molecule has 0 saturated carbocycles. The molecule has 1 saturated heterocycles. The number of aromatic amines is 1. The number of hydrogen-bond acceptors (Lipinski definition) is 4. The van der Waals surface area contributed by atoms with Crippen molar-refractivity contribution in [2.45, 2.75) is 12.2 Å². The number of nitrogens with zero attached hydrogens (tertiary/aromatic N) is 2. The van der Waals surface area contributed by atoms with E-state index in [0.29, 0.717) is 11.3 Å². The lowest BCUT2D eigenvalue weighted by molar-refractivity contribution is 0.0653. The molecule has 1 aliphatic heterocycles. The van der Waals surface area contributed by atoms with Crippen molar-refractivity contribution in [2.75, 3.05) is 18.8 Å². The van der Waals surface area contributed by atoms with E-state index in [4.69, 9.17) is 0 Å².